The van der Waals surface area contributed by atoms with Crippen LogP contribution < -0.4 is 5.73 Å². The molecule has 6 heteroatoms. The molecule has 0 saturated heterocycles. The number of ether oxygens (including phenoxy) is 2. The molecule has 1 unspecified atom stereocenters. The van der Waals surface area contributed by atoms with Gasteiger partial charge >= 0.3 is 12.1 Å². The molecule has 0 aliphatic heterocycles. The molecule has 2 N–H and O–H groups in total. The Bertz CT molecular complexity index is 728. The van der Waals surface area contributed by atoms with Crippen LogP contribution in [-0.4, -0.2) is 28.8 Å². The number of fused-ring (bicyclic) bond motifs is 1. The molecular formula is C17H22N2O4. The van der Waals surface area contributed by atoms with Gasteiger partial charge in [0.05, 0.1) is 12.1 Å². The second-order valence-electron chi connectivity index (χ2n) is 6.21. The average molecular weight is 318 g/mol. The van der Waals surface area contributed by atoms with E-state index in [0.29, 0.717) is 11.1 Å². The molecule has 0 aliphatic rings. The summed E-state index contributed by atoms with van der Waals surface area (Å²) in [7, 11) is 0. The number of esters is 1. The minimum Gasteiger partial charge on any atom is -0.465 e. The van der Waals surface area contributed by atoms with Gasteiger partial charge < -0.3 is 15.2 Å². The third-order valence-electron chi connectivity index (χ3n) is 3.21. The highest BCUT2D eigenvalue weighted by Crippen LogP contribution is 2.22. The number of carbonyl (C=O) groups is 2. The van der Waals surface area contributed by atoms with E-state index in [0.717, 1.165) is 5.39 Å². The molecule has 1 aromatic heterocycles. The summed E-state index contributed by atoms with van der Waals surface area (Å²) < 4.78 is 11.7. The van der Waals surface area contributed by atoms with Crippen LogP contribution in [0.1, 0.15) is 39.3 Å². The lowest BCUT2D eigenvalue weighted by molar-refractivity contribution is -0.144. The summed E-state index contributed by atoms with van der Waals surface area (Å²) in [5.41, 5.74) is 6.54. The van der Waals surface area contributed by atoms with E-state index in [1.54, 1.807) is 52.1 Å². The number of hydrogen-bond donors (Lipinski definition) is 1. The van der Waals surface area contributed by atoms with Crippen LogP contribution in [0.15, 0.2) is 30.5 Å². The van der Waals surface area contributed by atoms with E-state index in [-0.39, 0.29) is 6.61 Å². The molecule has 1 atom stereocenters. The van der Waals surface area contributed by atoms with Crippen LogP contribution in [0, 0.1) is 0 Å². The van der Waals surface area contributed by atoms with Gasteiger partial charge in [0.15, 0.2) is 0 Å². The van der Waals surface area contributed by atoms with Gasteiger partial charge in [0, 0.05) is 11.6 Å². The summed E-state index contributed by atoms with van der Waals surface area (Å²) in [6, 6.07) is 6.19. The molecule has 124 valence electrons. The topological polar surface area (TPSA) is 83.5 Å². The number of carbonyl (C=O) groups excluding carboxylic acids is 2. The molecule has 2 rings (SSSR count). The highest BCUT2D eigenvalue weighted by molar-refractivity contribution is 5.91. The minimum atomic E-state index is -0.888. The van der Waals surface area contributed by atoms with Crippen molar-refractivity contribution in [3.8, 4) is 0 Å². The summed E-state index contributed by atoms with van der Waals surface area (Å²) in [6.45, 7) is 7.40. The van der Waals surface area contributed by atoms with Crippen LogP contribution in [0.2, 0.25) is 0 Å². The van der Waals surface area contributed by atoms with E-state index in [1.165, 1.54) is 4.57 Å². The van der Waals surface area contributed by atoms with Gasteiger partial charge in [0.2, 0.25) is 0 Å². The minimum absolute atomic E-state index is 0.267. The fourth-order valence-electron chi connectivity index (χ4n) is 2.18. The Labute approximate surface area is 135 Å². The number of nitrogens with two attached hydrogens (primary N) is 1. The van der Waals surface area contributed by atoms with Gasteiger partial charge in [-0.2, -0.15) is 0 Å². The maximum absolute atomic E-state index is 12.3. The van der Waals surface area contributed by atoms with Crippen LogP contribution in [0.25, 0.3) is 10.9 Å². The Hall–Kier alpha value is -2.34. The third kappa shape index (κ3) is 3.90. The van der Waals surface area contributed by atoms with E-state index in [1.807, 2.05) is 6.07 Å². The maximum Gasteiger partial charge on any atom is 0.418 e. The smallest absolute Gasteiger partial charge is 0.418 e. The summed E-state index contributed by atoms with van der Waals surface area (Å²) in [4.78, 5) is 24.0. The Morgan fingerprint density at radius 3 is 2.57 bits per heavy atom. The highest BCUT2D eigenvalue weighted by atomic mass is 16.6. The first-order chi connectivity index (χ1) is 10.7. The lowest BCUT2D eigenvalue weighted by Crippen LogP contribution is -2.27. The van der Waals surface area contributed by atoms with Gasteiger partial charge in [-0.1, -0.05) is 12.1 Å². The maximum atomic E-state index is 12.3. The van der Waals surface area contributed by atoms with Gasteiger partial charge in [0.25, 0.3) is 0 Å². The highest BCUT2D eigenvalue weighted by Gasteiger charge is 2.21. The Kier molecular flexibility index (Phi) is 4.75. The number of benzene rings is 1. The fourth-order valence-corrected chi connectivity index (χ4v) is 2.18. The fraction of sp³-hybridized carbons (Fsp3) is 0.412. The second kappa shape index (κ2) is 6.42. The lowest BCUT2D eigenvalue weighted by atomic mass is 10.1. The van der Waals surface area contributed by atoms with Gasteiger partial charge in [0.1, 0.15) is 11.6 Å². The largest absolute Gasteiger partial charge is 0.465 e. The Balaban J connectivity index is 2.37. The van der Waals surface area contributed by atoms with Crippen molar-refractivity contribution in [3.63, 3.8) is 0 Å². The molecule has 23 heavy (non-hydrogen) atoms. The van der Waals surface area contributed by atoms with E-state index in [9.17, 15) is 9.59 Å². The first-order valence-electron chi connectivity index (χ1n) is 7.49. The first kappa shape index (κ1) is 17.0. The van der Waals surface area contributed by atoms with Gasteiger partial charge in [-0.25, -0.2) is 9.59 Å². The third-order valence-corrected chi connectivity index (χ3v) is 3.21. The van der Waals surface area contributed by atoms with Crippen molar-refractivity contribution < 1.29 is 19.1 Å². The van der Waals surface area contributed by atoms with Crippen LogP contribution >= 0.6 is 0 Å². The van der Waals surface area contributed by atoms with Crippen molar-refractivity contribution in [2.45, 2.75) is 39.3 Å². The SMILES string of the molecule is CCOC(=O)C(N)c1ccc2ccn(C(=O)OC(C)(C)C)c2c1. The molecule has 0 saturated carbocycles. The first-order valence-corrected chi connectivity index (χ1v) is 7.49. The zero-order chi connectivity index (χ0) is 17.2. The van der Waals surface area contributed by atoms with Crippen LogP contribution in [-0.2, 0) is 14.3 Å². The lowest BCUT2D eigenvalue weighted by Gasteiger charge is -2.20. The Morgan fingerprint density at radius 1 is 1.26 bits per heavy atom. The van der Waals surface area contributed by atoms with Crippen molar-refractivity contribution in [2.24, 2.45) is 5.73 Å². The standard InChI is InChI=1S/C17H22N2O4/c1-5-22-15(20)14(18)12-7-6-11-8-9-19(13(11)10-12)16(21)23-17(2,3)4/h6-10,14H,5,18H2,1-4H3. The second-order valence-corrected chi connectivity index (χ2v) is 6.21. The number of hydrogen-bond acceptors (Lipinski definition) is 5. The molecule has 0 bridgehead atoms. The molecular weight excluding hydrogens is 296 g/mol. The van der Waals surface area contributed by atoms with Crippen molar-refractivity contribution in [3.05, 3.63) is 36.0 Å². The molecule has 0 aliphatic carbocycles. The van der Waals surface area contributed by atoms with Crippen LogP contribution in [0.4, 0.5) is 4.79 Å². The number of aromatic nitrogens is 1. The molecule has 0 fully saturated rings. The zero-order valence-electron chi connectivity index (χ0n) is 13.8. The van der Waals surface area contributed by atoms with Crippen LogP contribution in [0.5, 0.6) is 0 Å². The average Bonchev–Trinajstić information content (AvgIpc) is 2.87. The van der Waals surface area contributed by atoms with E-state index in [2.05, 4.69) is 0 Å². The molecule has 0 spiro atoms. The van der Waals surface area contributed by atoms with Crippen molar-refractivity contribution >= 4 is 23.0 Å². The summed E-state index contributed by atoms with van der Waals surface area (Å²) >= 11 is 0. The van der Waals surface area contributed by atoms with Crippen molar-refractivity contribution in [2.75, 3.05) is 6.61 Å². The molecule has 0 amide bonds. The van der Waals surface area contributed by atoms with Crippen molar-refractivity contribution in [1.29, 1.82) is 0 Å². The van der Waals surface area contributed by atoms with Crippen molar-refractivity contribution in [1.82, 2.24) is 4.57 Å². The number of nitrogens with zero attached hydrogens (tertiary/aromatic N) is 1. The Morgan fingerprint density at radius 2 is 1.96 bits per heavy atom. The van der Waals surface area contributed by atoms with E-state index in [4.69, 9.17) is 15.2 Å². The monoisotopic (exact) mass is 318 g/mol. The van der Waals surface area contributed by atoms with Gasteiger partial charge in [-0.3, -0.25) is 4.57 Å². The predicted octanol–water partition coefficient (Wildman–Crippen LogP) is 2.99. The van der Waals surface area contributed by atoms with E-state index < -0.39 is 23.7 Å². The molecule has 2 aromatic rings. The molecule has 1 aromatic carbocycles. The quantitative estimate of drug-likeness (QED) is 0.880. The molecule has 6 nitrogen and oxygen atoms in total. The van der Waals surface area contributed by atoms with Gasteiger partial charge in [-0.05, 0) is 45.4 Å². The van der Waals surface area contributed by atoms with Crippen LogP contribution in [0.3, 0.4) is 0 Å². The number of rotatable bonds is 3. The normalized spacial score (nSPS) is 12.9. The van der Waals surface area contributed by atoms with E-state index >= 15 is 0 Å². The molecule has 1 heterocycles. The summed E-state index contributed by atoms with van der Waals surface area (Å²) in [5, 5.41) is 0.857. The summed E-state index contributed by atoms with van der Waals surface area (Å²) in [6.07, 6.45) is 1.16. The van der Waals surface area contributed by atoms with Gasteiger partial charge in [-0.15, -0.1) is 0 Å². The summed E-state index contributed by atoms with van der Waals surface area (Å²) in [5.74, 6) is -0.498. The predicted molar refractivity (Wildman–Crippen MR) is 87.1 cm³/mol. The molecule has 0 radical (unpaired) electrons. The zero-order valence-corrected chi connectivity index (χ0v) is 13.8.